The van der Waals surface area contributed by atoms with E-state index < -0.39 is 6.10 Å². The molecule has 12 heavy (non-hydrogen) atoms. The lowest BCUT2D eigenvalue weighted by atomic mass is 10.2. The third-order valence-corrected chi connectivity index (χ3v) is 1.61. The number of aliphatic hydroxyl groups is 2. The highest BCUT2D eigenvalue weighted by Gasteiger charge is 2.03. The van der Waals surface area contributed by atoms with Crippen LogP contribution >= 0.6 is 0 Å². The normalized spacial score (nSPS) is 18.7. The first-order chi connectivity index (χ1) is 5.83. The van der Waals surface area contributed by atoms with Crippen LogP contribution in [0.25, 0.3) is 0 Å². The molecular formula is C9H14O3. The maximum atomic E-state index is 8.96. The van der Waals surface area contributed by atoms with Crippen LogP contribution < -0.4 is 0 Å². The van der Waals surface area contributed by atoms with Crippen molar-refractivity contribution in [2.24, 2.45) is 0 Å². The number of aliphatic hydroxyl groups excluding tert-OH is 2. The molecule has 1 aliphatic rings. The van der Waals surface area contributed by atoms with Crippen molar-refractivity contribution in [1.82, 2.24) is 0 Å². The summed E-state index contributed by atoms with van der Waals surface area (Å²) in [6.07, 6.45) is 7.15. The Bertz CT molecular complexity index is 184. The van der Waals surface area contributed by atoms with E-state index in [1.54, 1.807) is 0 Å². The van der Waals surface area contributed by atoms with E-state index in [2.05, 4.69) is 0 Å². The summed E-state index contributed by atoms with van der Waals surface area (Å²) in [6, 6.07) is 0. The largest absolute Gasteiger partial charge is 0.491 e. The van der Waals surface area contributed by atoms with Crippen molar-refractivity contribution in [2.45, 2.75) is 18.9 Å². The number of rotatable bonds is 4. The minimum atomic E-state index is -0.777. The molecule has 68 valence electrons. The van der Waals surface area contributed by atoms with E-state index in [0.29, 0.717) is 0 Å². The molecule has 0 radical (unpaired) electrons. The average molecular weight is 170 g/mol. The summed E-state index contributed by atoms with van der Waals surface area (Å²) >= 11 is 0. The van der Waals surface area contributed by atoms with Crippen LogP contribution in [0.1, 0.15) is 12.8 Å². The van der Waals surface area contributed by atoms with Gasteiger partial charge in [0.05, 0.1) is 6.61 Å². The summed E-state index contributed by atoms with van der Waals surface area (Å²) in [4.78, 5) is 0. The van der Waals surface area contributed by atoms with Gasteiger partial charge in [0.1, 0.15) is 18.5 Å². The smallest absolute Gasteiger partial charge is 0.116 e. The maximum Gasteiger partial charge on any atom is 0.116 e. The molecule has 0 aromatic heterocycles. The van der Waals surface area contributed by atoms with Crippen LogP contribution in [-0.2, 0) is 4.74 Å². The minimum absolute atomic E-state index is 0.159. The second-order valence-corrected chi connectivity index (χ2v) is 2.73. The molecular weight excluding hydrogens is 156 g/mol. The molecule has 0 saturated carbocycles. The SMILES string of the molecule is OCC(O)COC1=CCCC=C1. The van der Waals surface area contributed by atoms with Crippen molar-refractivity contribution in [3.8, 4) is 0 Å². The third kappa shape index (κ3) is 3.07. The van der Waals surface area contributed by atoms with Crippen molar-refractivity contribution >= 4 is 0 Å². The van der Waals surface area contributed by atoms with Crippen LogP contribution in [0.3, 0.4) is 0 Å². The van der Waals surface area contributed by atoms with Crippen molar-refractivity contribution in [1.29, 1.82) is 0 Å². The van der Waals surface area contributed by atoms with Crippen LogP contribution in [0.5, 0.6) is 0 Å². The highest BCUT2D eigenvalue weighted by molar-refractivity contribution is 5.15. The summed E-state index contributed by atoms with van der Waals surface area (Å²) in [5.74, 6) is 0.786. The summed E-state index contributed by atoms with van der Waals surface area (Å²) in [6.45, 7) is -0.0936. The van der Waals surface area contributed by atoms with Gasteiger partial charge in [-0.05, 0) is 25.0 Å². The Morgan fingerprint density at radius 3 is 2.92 bits per heavy atom. The molecule has 3 nitrogen and oxygen atoms in total. The van der Waals surface area contributed by atoms with Crippen LogP contribution in [0.15, 0.2) is 24.0 Å². The Balaban J connectivity index is 2.22. The van der Waals surface area contributed by atoms with Crippen LogP contribution in [0, 0.1) is 0 Å². The van der Waals surface area contributed by atoms with E-state index >= 15 is 0 Å². The van der Waals surface area contributed by atoms with Gasteiger partial charge in [-0.15, -0.1) is 0 Å². The third-order valence-electron chi connectivity index (χ3n) is 1.61. The Morgan fingerprint density at radius 2 is 2.33 bits per heavy atom. The molecule has 0 aliphatic heterocycles. The second-order valence-electron chi connectivity index (χ2n) is 2.73. The first kappa shape index (κ1) is 9.29. The first-order valence-electron chi connectivity index (χ1n) is 4.11. The lowest BCUT2D eigenvalue weighted by Crippen LogP contribution is -2.19. The molecule has 0 aromatic carbocycles. The topological polar surface area (TPSA) is 49.7 Å². The Kier molecular flexibility index (Phi) is 3.84. The predicted molar refractivity (Wildman–Crippen MR) is 45.5 cm³/mol. The van der Waals surface area contributed by atoms with E-state index in [1.807, 2.05) is 18.2 Å². The van der Waals surface area contributed by atoms with Gasteiger partial charge in [0.15, 0.2) is 0 Å². The summed E-state index contributed by atoms with van der Waals surface area (Å²) < 4.78 is 5.20. The fourth-order valence-corrected chi connectivity index (χ4v) is 0.942. The average Bonchev–Trinajstić information content (AvgIpc) is 2.16. The molecule has 0 aromatic rings. The molecule has 0 fully saturated rings. The Morgan fingerprint density at radius 1 is 1.50 bits per heavy atom. The first-order valence-corrected chi connectivity index (χ1v) is 4.11. The van der Waals surface area contributed by atoms with Crippen LogP contribution in [-0.4, -0.2) is 29.5 Å². The standard InChI is InChI=1S/C9H14O3/c10-6-8(11)7-12-9-4-2-1-3-5-9/h2,4-5,8,10-11H,1,3,6-7H2. The Labute approximate surface area is 72.0 Å². The number of ether oxygens (including phenoxy) is 1. The van der Waals surface area contributed by atoms with Gasteiger partial charge in [-0.3, -0.25) is 0 Å². The van der Waals surface area contributed by atoms with E-state index in [1.165, 1.54) is 0 Å². The highest BCUT2D eigenvalue weighted by Crippen LogP contribution is 2.10. The van der Waals surface area contributed by atoms with Gasteiger partial charge in [0.25, 0.3) is 0 Å². The predicted octanol–water partition coefficient (Wildman–Crippen LogP) is 0.590. The number of hydrogen-bond acceptors (Lipinski definition) is 3. The van der Waals surface area contributed by atoms with Crippen LogP contribution in [0.2, 0.25) is 0 Å². The zero-order chi connectivity index (χ0) is 8.81. The zero-order valence-electron chi connectivity index (χ0n) is 6.94. The molecule has 1 unspecified atom stereocenters. The quantitative estimate of drug-likeness (QED) is 0.649. The van der Waals surface area contributed by atoms with E-state index in [-0.39, 0.29) is 13.2 Å². The molecule has 1 atom stereocenters. The fourth-order valence-electron chi connectivity index (χ4n) is 0.942. The molecule has 1 aliphatic carbocycles. The van der Waals surface area contributed by atoms with Gasteiger partial charge in [-0.2, -0.15) is 0 Å². The minimum Gasteiger partial charge on any atom is -0.491 e. The number of allylic oxidation sites excluding steroid dienone is 3. The van der Waals surface area contributed by atoms with Gasteiger partial charge in [0, 0.05) is 0 Å². The maximum absolute atomic E-state index is 8.96. The molecule has 2 N–H and O–H groups in total. The lowest BCUT2D eigenvalue weighted by molar-refractivity contribution is 0.0326. The molecule has 0 bridgehead atoms. The fraction of sp³-hybridized carbons (Fsp3) is 0.556. The van der Waals surface area contributed by atoms with Crippen molar-refractivity contribution in [3.05, 3.63) is 24.0 Å². The van der Waals surface area contributed by atoms with E-state index in [9.17, 15) is 0 Å². The van der Waals surface area contributed by atoms with Crippen molar-refractivity contribution in [2.75, 3.05) is 13.2 Å². The van der Waals surface area contributed by atoms with Crippen LogP contribution in [0.4, 0.5) is 0 Å². The Hall–Kier alpha value is -0.800. The van der Waals surface area contributed by atoms with Gasteiger partial charge in [-0.25, -0.2) is 0 Å². The van der Waals surface area contributed by atoms with Crippen molar-refractivity contribution < 1.29 is 14.9 Å². The van der Waals surface area contributed by atoms with Gasteiger partial charge < -0.3 is 14.9 Å². The van der Waals surface area contributed by atoms with Crippen molar-refractivity contribution in [3.63, 3.8) is 0 Å². The zero-order valence-corrected chi connectivity index (χ0v) is 6.94. The van der Waals surface area contributed by atoms with E-state index in [4.69, 9.17) is 14.9 Å². The second kappa shape index (κ2) is 4.95. The van der Waals surface area contributed by atoms with Gasteiger partial charge >= 0.3 is 0 Å². The molecule has 3 heteroatoms. The molecule has 0 amide bonds. The molecule has 0 spiro atoms. The summed E-state index contributed by atoms with van der Waals surface area (Å²) in [5, 5.41) is 17.5. The number of hydrogen-bond donors (Lipinski definition) is 2. The summed E-state index contributed by atoms with van der Waals surface area (Å²) in [5.41, 5.74) is 0. The highest BCUT2D eigenvalue weighted by atomic mass is 16.5. The van der Waals surface area contributed by atoms with Gasteiger partial charge in [-0.1, -0.05) is 6.08 Å². The monoisotopic (exact) mass is 170 g/mol. The molecule has 0 saturated heterocycles. The van der Waals surface area contributed by atoms with E-state index in [0.717, 1.165) is 18.6 Å². The summed E-state index contributed by atoms with van der Waals surface area (Å²) in [7, 11) is 0. The lowest BCUT2D eigenvalue weighted by Gasteiger charge is -2.12. The van der Waals surface area contributed by atoms with Gasteiger partial charge in [0.2, 0.25) is 0 Å². The molecule has 1 rings (SSSR count). The molecule has 0 heterocycles.